The first kappa shape index (κ1) is 12.3. The summed E-state index contributed by atoms with van der Waals surface area (Å²) in [5, 5.41) is 0. The van der Waals surface area contributed by atoms with Gasteiger partial charge in [-0.15, -0.1) is 0 Å². The van der Waals surface area contributed by atoms with Crippen molar-refractivity contribution < 1.29 is 13.9 Å². The number of benzene rings is 1. The molecule has 1 atom stereocenters. The molecule has 92 valence electrons. The van der Waals surface area contributed by atoms with Gasteiger partial charge in [0, 0.05) is 6.42 Å². The standard InChI is InChI=1S/C14H12FNO2/c1-18-13-8-7-12(9-14(13,15)16-10-17)11-5-3-2-4-6-11/h2-8H,9H2,1H3. The van der Waals surface area contributed by atoms with Gasteiger partial charge >= 0.3 is 0 Å². The third-order valence-electron chi connectivity index (χ3n) is 2.83. The first-order valence-electron chi connectivity index (χ1n) is 5.48. The molecule has 1 aromatic rings. The van der Waals surface area contributed by atoms with Gasteiger partial charge in [0.05, 0.1) is 7.11 Å². The summed E-state index contributed by atoms with van der Waals surface area (Å²) < 4.78 is 19.4. The Bertz CT molecular complexity index is 544. The van der Waals surface area contributed by atoms with Crippen LogP contribution in [0.4, 0.5) is 4.39 Å². The molecule has 1 aliphatic carbocycles. The fourth-order valence-corrected chi connectivity index (χ4v) is 1.94. The maximum absolute atomic E-state index is 14.5. The van der Waals surface area contributed by atoms with Crippen LogP contribution in [0.15, 0.2) is 53.2 Å². The third kappa shape index (κ3) is 2.24. The van der Waals surface area contributed by atoms with E-state index in [1.54, 1.807) is 6.08 Å². The van der Waals surface area contributed by atoms with Crippen LogP contribution >= 0.6 is 0 Å². The Morgan fingerprint density at radius 3 is 2.67 bits per heavy atom. The second-order valence-electron chi connectivity index (χ2n) is 3.93. The predicted molar refractivity (Wildman–Crippen MR) is 66.1 cm³/mol. The molecule has 0 bridgehead atoms. The molecule has 0 saturated carbocycles. The molecular formula is C14H12FNO2. The Morgan fingerprint density at radius 1 is 1.33 bits per heavy atom. The highest BCUT2D eigenvalue weighted by atomic mass is 19.1. The second kappa shape index (κ2) is 4.98. The average molecular weight is 245 g/mol. The Hall–Kier alpha value is -2.19. The molecule has 0 amide bonds. The molecule has 0 spiro atoms. The van der Waals surface area contributed by atoms with Gasteiger partial charge in [-0.2, -0.15) is 4.99 Å². The van der Waals surface area contributed by atoms with Crippen LogP contribution in [0.2, 0.25) is 0 Å². The SMILES string of the molecule is COC1=CC=C(c2ccccc2)CC1(F)N=C=O. The lowest BCUT2D eigenvalue weighted by Gasteiger charge is -2.25. The van der Waals surface area contributed by atoms with Gasteiger partial charge in [-0.05, 0) is 17.2 Å². The topological polar surface area (TPSA) is 38.7 Å². The maximum Gasteiger partial charge on any atom is 0.271 e. The fourth-order valence-electron chi connectivity index (χ4n) is 1.94. The Balaban J connectivity index is 2.40. The minimum atomic E-state index is -2.16. The molecule has 0 saturated heterocycles. The number of aliphatic imine (C=N–C) groups is 1. The molecule has 4 heteroatoms. The van der Waals surface area contributed by atoms with Crippen molar-refractivity contribution in [1.82, 2.24) is 0 Å². The van der Waals surface area contributed by atoms with E-state index in [0.29, 0.717) is 0 Å². The zero-order valence-corrected chi connectivity index (χ0v) is 9.89. The van der Waals surface area contributed by atoms with E-state index in [2.05, 4.69) is 4.99 Å². The Labute approximate surface area is 104 Å². The van der Waals surface area contributed by atoms with E-state index in [9.17, 15) is 9.18 Å². The van der Waals surface area contributed by atoms with E-state index >= 15 is 0 Å². The number of hydrogen-bond acceptors (Lipinski definition) is 3. The number of rotatable bonds is 3. The third-order valence-corrected chi connectivity index (χ3v) is 2.83. The summed E-state index contributed by atoms with van der Waals surface area (Å²) in [5.41, 5.74) is 1.66. The molecule has 0 radical (unpaired) electrons. The van der Waals surface area contributed by atoms with E-state index < -0.39 is 5.79 Å². The van der Waals surface area contributed by atoms with Gasteiger partial charge in [-0.25, -0.2) is 9.18 Å². The summed E-state index contributed by atoms with van der Waals surface area (Å²) in [4.78, 5) is 13.6. The number of isocyanates is 1. The molecule has 0 aliphatic heterocycles. The average Bonchev–Trinajstić information content (AvgIpc) is 2.39. The Kier molecular flexibility index (Phi) is 3.40. The number of halogens is 1. The van der Waals surface area contributed by atoms with Crippen LogP contribution < -0.4 is 0 Å². The van der Waals surface area contributed by atoms with Gasteiger partial charge in [-0.3, -0.25) is 0 Å². The molecule has 1 aliphatic rings. The zero-order valence-electron chi connectivity index (χ0n) is 9.89. The van der Waals surface area contributed by atoms with E-state index in [1.807, 2.05) is 30.3 Å². The maximum atomic E-state index is 14.5. The van der Waals surface area contributed by atoms with E-state index in [1.165, 1.54) is 19.3 Å². The zero-order chi connectivity index (χ0) is 13.0. The van der Waals surface area contributed by atoms with Crippen molar-refractivity contribution in [3.63, 3.8) is 0 Å². The van der Waals surface area contributed by atoms with Crippen LogP contribution in [0.3, 0.4) is 0 Å². The summed E-state index contributed by atoms with van der Waals surface area (Å²) in [7, 11) is 1.35. The number of alkyl halides is 1. The quantitative estimate of drug-likeness (QED) is 0.466. The van der Waals surface area contributed by atoms with E-state index in [4.69, 9.17) is 4.74 Å². The van der Waals surface area contributed by atoms with E-state index in [0.717, 1.165) is 11.1 Å². The Morgan fingerprint density at radius 2 is 2.06 bits per heavy atom. The van der Waals surface area contributed by atoms with Crippen LogP contribution in [0, 0.1) is 0 Å². The predicted octanol–water partition coefficient (Wildman–Crippen LogP) is 3.01. The number of nitrogens with zero attached hydrogens (tertiary/aromatic N) is 1. The molecule has 1 aromatic carbocycles. The highest BCUT2D eigenvalue weighted by Crippen LogP contribution is 2.38. The smallest absolute Gasteiger partial charge is 0.271 e. The second-order valence-corrected chi connectivity index (χ2v) is 3.93. The molecule has 2 rings (SSSR count). The highest BCUT2D eigenvalue weighted by molar-refractivity contribution is 5.70. The molecule has 0 N–H and O–H groups in total. The lowest BCUT2D eigenvalue weighted by molar-refractivity contribution is 0.121. The van der Waals surface area contributed by atoms with Crippen LogP contribution in [0.25, 0.3) is 5.57 Å². The van der Waals surface area contributed by atoms with Crippen molar-refractivity contribution >= 4 is 11.7 Å². The summed E-state index contributed by atoms with van der Waals surface area (Å²) in [6.45, 7) is 0. The molecule has 0 heterocycles. The number of allylic oxidation sites excluding steroid dienone is 2. The molecule has 1 unspecified atom stereocenters. The molecule has 0 fully saturated rings. The summed E-state index contributed by atoms with van der Waals surface area (Å²) in [5.74, 6) is -2.14. The van der Waals surface area contributed by atoms with Crippen molar-refractivity contribution in [3.05, 3.63) is 53.8 Å². The van der Waals surface area contributed by atoms with E-state index in [-0.39, 0.29) is 12.2 Å². The van der Waals surface area contributed by atoms with Gasteiger partial charge in [0.1, 0.15) is 0 Å². The largest absolute Gasteiger partial charge is 0.496 e. The molecule has 18 heavy (non-hydrogen) atoms. The molecular weight excluding hydrogens is 233 g/mol. The van der Waals surface area contributed by atoms with Crippen molar-refractivity contribution in [2.45, 2.75) is 12.2 Å². The van der Waals surface area contributed by atoms with Gasteiger partial charge < -0.3 is 4.74 Å². The normalized spacial score (nSPS) is 22.6. The lowest BCUT2D eigenvalue weighted by Crippen LogP contribution is -2.26. The first-order chi connectivity index (χ1) is 8.69. The van der Waals surface area contributed by atoms with Crippen LogP contribution in [0.1, 0.15) is 12.0 Å². The number of methoxy groups -OCH3 is 1. The highest BCUT2D eigenvalue weighted by Gasteiger charge is 2.38. The van der Waals surface area contributed by atoms with Crippen molar-refractivity contribution in [2.24, 2.45) is 4.99 Å². The van der Waals surface area contributed by atoms with Gasteiger partial charge in [0.15, 0.2) is 5.76 Å². The van der Waals surface area contributed by atoms with Gasteiger partial charge in [-0.1, -0.05) is 36.4 Å². The monoisotopic (exact) mass is 245 g/mol. The number of carbonyl (C=O) groups excluding carboxylic acids is 1. The number of hydrogen-bond donors (Lipinski definition) is 0. The molecule has 0 aromatic heterocycles. The minimum absolute atomic E-state index is 0.0190. The van der Waals surface area contributed by atoms with Crippen molar-refractivity contribution in [3.8, 4) is 0 Å². The summed E-state index contributed by atoms with van der Waals surface area (Å²) in [6, 6.07) is 9.38. The van der Waals surface area contributed by atoms with Crippen molar-refractivity contribution in [1.29, 1.82) is 0 Å². The van der Waals surface area contributed by atoms with Gasteiger partial charge in [0.2, 0.25) is 6.08 Å². The van der Waals surface area contributed by atoms with Crippen LogP contribution in [-0.4, -0.2) is 19.0 Å². The first-order valence-corrected chi connectivity index (χ1v) is 5.48. The fraction of sp³-hybridized carbons (Fsp3) is 0.214. The van der Waals surface area contributed by atoms with Crippen LogP contribution in [0.5, 0.6) is 0 Å². The number of ether oxygens (including phenoxy) is 1. The van der Waals surface area contributed by atoms with Crippen LogP contribution in [-0.2, 0) is 9.53 Å². The lowest BCUT2D eigenvalue weighted by atomic mass is 9.92. The minimum Gasteiger partial charge on any atom is -0.496 e. The summed E-state index contributed by atoms with van der Waals surface area (Å²) >= 11 is 0. The van der Waals surface area contributed by atoms with Crippen molar-refractivity contribution in [2.75, 3.05) is 7.11 Å². The summed E-state index contributed by atoms with van der Waals surface area (Å²) in [6.07, 6.45) is 4.49. The van der Waals surface area contributed by atoms with Gasteiger partial charge in [0.25, 0.3) is 5.79 Å². The molecule has 3 nitrogen and oxygen atoms in total.